The van der Waals surface area contributed by atoms with Gasteiger partial charge in [-0.25, -0.2) is 0 Å². The van der Waals surface area contributed by atoms with Crippen LogP contribution < -0.4 is 0 Å². The molecule has 13 heavy (non-hydrogen) atoms. The molecule has 1 unspecified atom stereocenters. The molecule has 0 amide bonds. The molecule has 2 aromatic rings. The second kappa shape index (κ2) is 3.21. The average Bonchev–Trinajstić information content (AvgIpc) is 2.60. The van der Waals surface area contributed by atoms with Gasteiger partial charge in [-0.15, -0.1) is 0 Å². The third-order valence-electron chi connectivity index (χ3n) is 2.28. The Kier molecular flexibility index (Phi) is 2.05. The molecular weight excluding hydrogens is 162 g/mol. The Hall–Kier alpha value is -1.31. The predicted molar refractivity (Wildman–Crippen MR) is 52.4 cm³/mol. The molecule has 2 nitrogen and oxygen atoms in total. The van der Waals surface area contributed by atoms with Crippen LogP contribution in [-0.2, 0) is 0 Å². The van der Waals surface area contributed by atoms with Crippen LogP contribution >= 0.6 is 0 Å². The lowest BCUT2D eigenvalue weighted by atomic mass is 10.0. The van der Waals surface area contributed by atoms with E-state index in [1.807, 2.05) is 24.3 Å². The molecule has 0 saturated carbocycles. The molecule has 67 valence electrons. The Morgan fingerprint density at radius 3 is 3.00 bits per heavy atom. The van der Waals surface area contributed by atoms with Gasteiger partial charge in [-0.1, -0.05) is 24.2 Å². The van der Waals surface area contributed by atoms with Crippen molar-refractivity contribution in [2.24, 2.45) is 0 Å². The maximum atomic E-state index is 5.18. The van der Waals surface area contributed by atoms with E-state index in [1.165, 1.54) is 0 Å². The molecule has 1 atom stereocenters. The summed E-state index contributed by atoms with van der Waals surface area (Å²) < 4.78 is 5.18. The molecule has 1 radical (unpaired) electrons. The fourth-order valence-corrected chi connectivity index (χ4v) is 1.39. The van der Waals surface area contributed by atoms with Crippen LogP contribution in [0.15, 0.2) is 28.8 Å². The summed E-state index contributed by atoms with van der Waals surface area (Å²) in [5.74, 6) is 0.226. The summed E-state index contributed by atoms with van der Waals surface area (Å²) in [5, 5.41) is 5.12. The van der Waals surface area contributed by atoms with E-state index in [1.54, 1.807) is 0 Å². The van der Waals surface area contributed by atoms with Gasteiger partial charge in [0, 0.05) is 11.3 Å². The third-order valence-corrected chi connectivity index (χ3v) is 2.28. The molecule has 1 heterocycles. The summed E-state index contributed by atoms with van der Waals surface area (Å²) in [6.45, 7) is 6.12. The number of fused-ring (bicyclic) bond motifs is 1. The first-order valence-corrected chi connectivity index (χ1v) is 4.50. The van der Waals surface area contributed by atoms with Gasteiger partial charge in [-0.2, -0.15) is 0 Å². The van der Waals surface area contributed by atoms with Gasteiger partial charge in [0.05, 0.1) is 5.69 Å². The highest BCUT2D eigenvalue weighted by atomic mass is 16.5. The van der Waals surface area contributed by atoms with E-state index < -0.39 is 0 Å². The van der Waals surface area contributed by atoms with E-state index in [-0.39, 0.29) is 5.92 Å². The normalized spacial score (nSPS) is 13.4. The zero-order valence-corrected chi connectivity index (χ0v) is 7.66. The highest BCUT2D eigenvalue weighted by Gasteiger charge is 2.12. The SMILES string of the molecule is [CH2]C(CC)c1noc2ccccc12. The first-order valence-electron chi connectivity index (χ1n) is 4.50. The van der Waals surface area contributed by atoms with Crippen LogP contribution in [0.1, 0.15) is 25.0 Å². The van der Waals surface area contributed by atoms with Crippen molar-refractivity contribution in [2.75, 3.05) is 0 Å². The van der Waals surface area contributed by atoms with Gasteiger partial charge in [-0.3, -0.25) is 0 Å². The maximum Gasteiger partial charge on any atom is 0.167 e. The van der Waals surface area contributed by atoms with Crippen LogP contribution in [0.25, 0.3) is 11.0 Å². The number of benzene rings is 1. The van der Waals surface area contributed by atoms with E-state index in [9.17, 15) is 0 Å². The van der Waals surface area contributed by atoms with Crippen molar-refractivity contribution in [3.05, 3.63) is 36.9 Å². The highest BCUT2D eigenvalue weighted by molar-refractivity contribution is 5.79. The summed E-state index contributed by atoms with van der Waals surface area (Å²) in [4.78, 5) is 0. The first kappa shape index (κ1) is 8.30. The third kappa shape index (κ3) is 1.32. The Morgan fingerprint density at radius 1 is 1.46 bits per heavy atom. The molecule has 0 N–H and O–H groups in total. The Bertz CT molecular complexity index is 405. The van der Waals surface area contributed by atoms with E-state index in [4.69, 9.17) is 4.52 Å². The molecule has 2 heteroatoms. The van der Waals surface area contributed by atoms with E-state index in [2.05, 4.69) is 19.0 Å². The lowest BCUT2D eigenvalue weighted by molar-refractivity contribution is 0.441. The lowest BCUT2D eigenvalue weighted by Crippen LogP contribution is -1.91. The van der Waals surface area contributed by atoms with Crippen molar-refractivity contribution in [2.45, 2.75) is 19.3 Å². The molecular formula is C11H12NO. The average molecular weight is 174 g/mol. The molecule has 1 aromatic carbocycles. The Morgan fingerprint density at radius 2 is 2.23 bits per heavy atom. The fourth-order valence-electron chi connectivity index (χ4n) is 1.39. The van der Waals surface area contributed by atoms with Crippen molar-refractivity contribution in [3.63, 3.8) is 0 Å². The largest absolute Gasteiger partial charge is 0.356 e. The highest BCUT2D eigenvalue weighted by Crippen LogP contribution is 2.25. The minimum Gasteiger partial charge on any atom is -0.356 e. The standard InChI is InChI=1S/C11H12NO/c1-3-8(2)11-9-6-4-5-7-10(9)13-12-11/h4-8H,2-3H2,1H3. The monoisotopic (exact) mass is 174 g/mol. The number of para-hydroxylation sites is 1. The number of hydrogen-bond donors (Lipinski definition) is 0. The lowest BCUT2D eigenvalue weighted by Gasteiger charge is -2.02. The molecule has 0 spiro atoms. The van der Waals surface area contributed by atoms with Crippen LogP contribution in [0.3, 0.4) is 0 Å². The fraction of sp³-hybridized carbons (Fsp3) is 0.273. The summed E-state index contributed by atoms with van der Waals surface area (Å²) in [7, 11) is 0. The van der Waals surface area contributed by atoms with Crippen LogP contribution in [0.4, 0.5) is 0 Å². The summed E-state index contributed by atoms with van der Waals surface area (Å²) in [6.07, 6.45) is 0.983. The molecule has 0 fully saturated rings. The van der Waals surface area contributed by atoms with Crippen LogP contribution in [0.2, 0.25) is 0 Å². The molecule has 0 aliphatic carbocycles. The second-order valence-electron chi connectivity index (χ2n) is 3.17. The molecule has 0 bridgehead atoms. The molecule has 1 aromatic heterocycles. The van der Waals surface area contributed by atoms with Crippen LogP contribution in [0, 0.1) is 6.92 Å². The second-order valence-corrected chi connectivity index (χ2v) is 3.17. The van der Waals surface area contributed by atoms with Gasteiger partial charge >= 0.3 is 0 Å². The minimum absolute atomic E-state index is 0.226. The van der Waals surface area contributed by atoms with E-state index in [0.29, 0.717) is 0 Å². The number of rotatable bonds is 2. The van der Waals surface area contributed by atoms with Gasteiger partial charge in [-0.05, 0) is 25.5 Å². The molecule has 0 aliphatic heterocycles. The topological polar surface area (TPSA) is 26.0 Å². The first-order chi connectivity index (χ1) is 6.33. The van der Waals surface area contributed by atoms with E-state index >= 15 is 0 Å². The number of nitrogens with zero attached hydrogens (tertiary/aromatic N) is 1. The van der Waals surface area contributed by atoms with Crippen molar-refractivity contribution >= 4 is 11.0 Å². The van der Waals surface area contributed by atoms with Crippen molar-refractivity contribution in [3.8, 4) is 0 Å². The van der Waals surface area contributed by atoms with Crippen LogP contribution in [0.5, 0.6) is 0 Å². The zero-order chi connectivity index (χ0) is 9.26. The smallest absolute Gasteiger partial charge is 0.167 e. The van der Waals surface area contributed by atoms with Crippen molar-refractivity contribution in [1.29, 1.82) is 0 Å². The van der Waals surface area contributed by atoms with Gasteiger partial charge in [0.25, 0.3) is 0 Å². The molecule has 0 aliphatic rings. The van der Waals surface area contributed by atoms with E-state index in [0.717, 1.165) is 23.1 Å². The summed E-state index contributed by atoms with van der Waals surface area (Å²) >= 11 is 0. The summed E-state index contributed by atoms with van der Waals surface area (Å²) in [5.41, 5.74) is 1.82. The molecule has 0 saturated heterocycles. The van der Waals surface area contributed by atoms with Crippen molar-refractivity contribution < 1.29 is 4.52 Å². The molecule has 2 rings (SSSR count). The van der Waals surface area contributed by atoms with Gasteiger partial charge < -0.3 is 4.52 Å². The van der Waals surface area contributed by atoms with Crippen LogP contribution in [-0.4, -0.2) is 5.16 Å². The Balaban J connectivity index is 2.57. The predicted octanol–water partition coefficient (Wildman–Crippen LogP) is 3.16. The quantitative estimate of drug-likeness (QED) is 0.699. The maximum absolute atomic E-state index is 5.18. The van der Waals surface area contributed by atoms with Gasteiger partial charge in [0.15, 0.2) is 5.58 Å². The number of aromatic nitrogens is 1. The van der Waals surface area contributed by atoms with Crippen molar-refractivity contribution in [1.82, 2.24) is 5.16 Å². The minimum atomic E-state index is 0.226. The zero-order valence-electron chi connectivity index (χ0n) is 7.66. The van der Waals surface area contributed by atoms with Gasteiger partial charge in [0.2, 0.25) is 0 Å². The summed E-state index contributed by atoms with van der Waals surface area (Å²) in [6, 6.07) is 7.88. The van der Waals surface area contributed by atoms with Gasteiger partial charge in [0.1, 0.15) is 0 Å². The Labute approximate surface area is 77.5 Å². The number of hydrogen-bond acceptors (Lipinski definition) is 2.